The van der Waals surface area contributed by atoms with Gasteiger partial charge in [-0.2, -0.15) is 0 Å². The van der Waals surface area contributed by atoms with E-state index in [1.807, 2.05) is 78.9 Å². The van der Waals surface area contributed by atoms with Crippen LogP contribution < -0.4 is 9.64 Å². The van der Waals surface area contributed by atoms with Crippen LogP contribution in [0.15, 0.2) is 116 Å². The molecule has 0 spiro atoms. The largest absolute Gasteiger partial charge is 0.458 e. The summed E-state index contributed by atoms with van der Waals surface area (Å²) in [6, 6.07) is 33.8. The lowest BCUT2D eigenvalue weighted by Gasteiger charge is -2.26. The number of esters is 1. The van der Waals surface area contributed by atoms with Crippen LogP contribution in [0.3, 0.4) is 0 Å². The van der Waals surface area contributed by atoms with Gasteiger partial charge >= 0.3 is 5.97 Å². The van der Waals surface area contributed by atoms with E-state index in [1.54, 1.807) is 7.11 Å². The molecule has 0 aromatic heterocycles. The number of hydrogen-bond acceptors (Lipinski definition) is 5. The maximum Gasteiger partial charge on any atom is 0.330 e. The maximum atomic E-state index is 11.4. The Bertz CT molecular complexity index is 1230. The van der Waals surface area contributed by atoms with E-state index < -0.39 is 5.97 Å². The van der Waals surface area contributed by atoms with Gasteiger partial charge in [-0.05, 0) is 71.8 Å². The average Bonchev–Trinajstić information content (AvgIpc) is 2.91. The van der Waals surface area contributed by atoms with Gasteiger partial charge in [-0.15, -0.1) is 0 Å². The molecule has 176 valence electrons. The first kappa shape index (κ1) is 23.8. The van der Waals surface area contributed by atoms with Gasteiger partial charge in [-0.1, -0.05) is 49.0 Å². The summed E-state index contributed by atoms with van der Waals surface area (Å²) >= 11 is 0. The number of carbonyl (C=O) groups is 1. The highest BCUT2D eigenvalue weighted by Gasteiger charge is 2.13. The van der Waals surface area contributed by atoms with Gasteiger partial charge in [-0.25, -0.2) is 4.79 Å². The van der Waals surface area contributed by atoms with Gasteiger partial charge in [0.1, 0.15) is 18.1 Å². The predicted molar refractivity (Wildman–Crippen MR) is 138 cm³/mol. The minimum atomic E-state index is -0.440. The Morgan fingerprint density at radius 3 is 1.71 bits per heavy atom. The minimum absolute atomic E-state index is 0.197. The minimum Gasteiger partial charge on any atom is -0.458 e. The SMILES string of the molecule is C=CC(=O)OCc1ccc(N(c2ccc(COC)cc2)c2ccc(Oc3ccccc3)cc2)cc1. The van der Waals surface area contributed by atoms with E-state index in [0.717, 1.165) is 45.8 Å². The molecule has 0 radical (unpaired) electrons. The maximum absolute atomic E-state index is 11.4. The molecular weight excluding hydrogens is 438 g/mol. The van der Waals surface area contributed by atoms with Crippen LogP contribution in [-0.4, -0.2) is 13.1 Å². The van der Waals surface area contributed by atoms with Crippen LogP contribution in [0.2, 0.25) is 0 Å². The number of benzene rings is 4. The first-order chi connectivity index (χ1) is 17.2. The number of ether oxygens (including phenoxy) is 3. The molecule has 0 amide bonds. The van der Waals surface area contributed by atoms with Crippen LogP contribution >= 0.6 is 0 Å². The summed E-state index contributed by atoms with van der Waals surface area (Å²) in [6.07, 6.45) is 1.16. The fraction of sp³-hybridized carbons (Fsp3) is 0.100. The predicted octanol–water partition coefficient (Wildman–Crippen LogP) is 7.32. The molecule has 4 aromatic carbocycles. The number of methoxy groups -OCH3 is 1. The van der Waals surface area contributed by atoms with Crippen LogP contribution in [0.25, 0.3) is 0 Å². The van der Waals surface area contributed by atoms with Crippen molar-refractivity contribution in [3.05, 3.63) is 127 Å². The van der Waals surface area contributed by atoms with Crippen molar-refractivity contribution in [1.29, 1.82) is 0 Å². The Kier molecular flexibility index (Phi) is 7.94. The smallest absolute Gasteiger partial charge is 0.330 e. The monoisotopic (exact) mass is 465 g/mol. The third kappa shape index (κ3) is 6.37. The van der Waals surface area contributed by atoms with E-state index in [4.69, 9.17) is 14.2 Å². The molecule has 0 aliphatic heterocycles. The summed E-state index contributed by atoms with van der Waals surface area (Å²) in [6.45, 7) is 4.18. The third-order valence-corrected chi connectivity index (χ3v) is 5.32. The van der Waals surface area contributed by atoms with Crippen LogP contribution in [-0.2, 0) is 27.5 Å². The summed E-state index contributed by atoms with van der Waals surface area (Å²) in [5.41, 5.74) is 4.95. The molecule has 0 saturated carbocycles. The van der Waals surface area contributed by atoms with E-state index in [0.29, 0.717) is 6.61 Å². The Morgan fingerprint density at radius 2 is 1.20 bits per heavy atom. The number of para-hydroxylation sites is 1. The van der Waals surface area contributed by atoms with Gasteiger partial charge in [-0.3, -0.25) is 0 Å². The first-order valence-electron chi connectivity index (χ1n) is 11.3. The highest BCUT2D eigenvalue weighted by Crippen LogP contribution is 2.36. The summed E-state index contributed by atoms with van der Waals surface area (Å²) < 4.78 is 16.4. The van der Waals surface area contributed by atoms with Crippen LogP contribution in [0.5, 0.6) is 11.5 Å². The molecule has 0 bridgehead atoms. The van der Waals surface area contributed by atoms with Gasteiger partial charge in [0, 0.05) is 30.2 Å². The number of rotatable bonds is 10. The lowest BCUT2D eigenvalue weighted by atomic mass is 10.1. The summed E-state index contributed by atoms with van der Waals surface area (Å²) in [7, 11) is 1.69. The molecular formula is C30H27NO4. The van der Waals surface area contributed by atoms with E-state index in [1.165, 1.54) is 0 Å². The second-order valence-electron chi connectivity index (χ2n) is 7.82. The highest BCUT2D eigenvalue weighted by atomic mass is 16.5. The molecule has 0 atom stereocenters. The molecule has 4 rings (SSSR count). The van der Waals surface area contributed by atoms with Gasteiger partial charge in [0.15, 0.2) is 0 Å². The molecule has 0 aliphatic carbocycles. The van der Waals surface area contributed by atoms with E-state index in [-0.39, 0.29) is 6.61 Å². The topological polar surface area (TPSA) is 48.0 Å². The van der Waals surface area contributed by atoms with E-state index >= 15 is 0 Å². The zero-order valence-corrected chi connectivity index (χ0v) is 19.6. The Hall–Kier alpha value is -4.35. The summed E-state index contributed by atoms with van der Waals surface area (Å²) in [5, 5.41) is 0. The molecule has 0 aliphatic rings. The zero-order valence-electron chi connectivity index (χ0n) is 19.6. The molecule has 0 heterocycles. The van der Waals surface area contributed by atoms with Crippen molar-refractivity contribution in [2.75, 3.05) is 12.0 Å². The second kappa shape index (κ2) is 11.7. The van der Waals surface area contributed by atoms with Gasteiger partial charge in [0.05, 0.1) is 6.61 Å². The number of anilines is 3. The number of nitrogens with zero attached hydrogens (tertiary/aromatic N) is 1. The summed E-state index contributed by atoms with van der Waals surface area (Å²) in [5.74, 6) is 1.11. The molecule has 5 nitrogen and oxygen atoms in total. The average molecular weight is 466 g/mol. The fourth-order valence-electron chi connectivity index (χ4n) is 3.60. The number of hydrogen-bond donors (Lipinski definition) is 0. The fourth-order valence-corrected chi connectivity index (χ4v) is 3.60. The second-order valence-corrected chi connectivity index (χ2v) is 7.82. The molecule has 35 heavy (non-hydrogen) atoms. The highest BCUT2D eigenvalue weighted by molar-refractivity contribution is 5.81. The normalized spacial score (nSPS) is 10.4. The molecule has 0 N–H and O–H groups in total. The lowest BCUT2D eigenvalue weighted by Crippen LogP contribution is -2.10. The van der Waals surface area contributed by atoms with Gasteiger partial charge in [0.2, 0.25) is 0 Å². The lowest BCUT2D eigenvalue weighted by molar-refractivity contribution is -0.138. The molecule has 4 aromatic rings. The van der Waals surface area contributed by atoms with Crippen molar-refractivity contribution in [1.82, 2.24) is 0 Å². The van der Waals surface area contributed by atoms with Crippen molar-refractivity contribution < 1.29 is 19.0 Å². The molecule has 0 unspecified atom stereocenters. The van der Waals surface area contributed by atoms with Crippen molar-refractivity contribution in [2.45, 2.75) is 13.2 Å². The number of carbonyl (C=O) groups excluding carboxylic acids is 1. The summed E-state index contributed by atoms with van der Waals surface area (Å²) in [4.78, 5) is 13.5. The van der Waals surface area contributed by atoms with Gasteiger partial charge in [0.25, 0.3) is 0 Å². The molecule has 0 fully saturated rings. The zero-order chi connectivity index (χ0) is 24.5. The molecule has 5 heteroatoms. The Labute approximate surface area is 205 Å². The van der Waals surface area contributed by atoms with E-state index in [9.17, 15) is 4.79 Å². The third-order valence-electron chi connectivity index (χ3n) is 5.32. The van der Waals surface area contributed by atoms with Crippen molar-refractivity contribution >= 4 is 23.0 Å². The quantitative estimate of drug-likeness (QED) is 0.181. The van der Waals surface area contributed by atoms with Crippen molar-refractivity contribution in [3.8, 4) is 11.5 Å². The molecule has 0 saturated heterocycles. The van der Waals surface area contributed by atoms with E-state index in [2.05, 4.69) is 35.7 Å². The van der Waals surface area contributed by atoms with Crippen LogP contribution in [0.4, 0.5) is 17.1 Å². The van der Waals surface area contributed by atoms with Crippen molar-refractivity contribution in [3.63, 3.8) is 0 Å². The Morgan fingerprint density at radius 1 is 0.714 bits per heavy atom. The van der Waals surface area contributed by atoms with Crippen LogP contribution in [0, 0.1) is 0 Å². The first-order valence-corrected chi connectivity index (χ1v) is 11.3. The van der Waals surface area contributed by atoms with Gasteiger partial charge < -0.3 is 19.1 Å². The van der Waals surface area contributed by atoms with Crippen molar-refractivity contribution in [2.24, 2.45) is 0 Å². The van der Waals surface area contributed by atoms with Crippen LogP contribution in [0.1, 0.15) is 11.1 Å². The Balaban J connectivity index is 1.61. The standard InChI is InChI=1S/C30H27NO4/c1-3-30(32)34-22-24-11-15-26(16-12-24)31(25-13-9-23(10-14-25)21-33-2)27-17-19-29(20-18-27)35-28-7-5-4-6-8-28/h3-20H,1,21-22H2,2H3.